The van der Waals surface area contributed by atoms with Gasteiger partial charge in [0, 0.05) is 19.2 Å². The largest absolute Gasteiger partial charge is 0.369 e. The highest BCUT2D eigenvalue weighted by Gasteiger charge is 2.41. The SMILES string of the molecule is Cc1cnc(CN2CC3(CCC2=O)CCN(CC(N)=O)CC3)cn1. The number of nitrogens with zero attached hydrogens (tertiary/aromatic N) is 4. The first-order valence-electron chi connectivity index (χ1n) is 8.52. The number of hydrogen-bond acceptors (Lipinski definition) is 5. The third kappa shape index (κ3) is 3.90. The van der Waals surface area contributed by atoms with E-state index in [1.54, 1.807) is 12.4 Å². The van der Waals surface area contributed by atoms with Crippen molar-refractivity contribution in [1.82, 2.24) is 19.8 Å². The third-order valence-electron chi connectivity index (χ3n) is 5.23. The number of carbonyl (C=O) groups is 2. The molecule has 0 aliphatic carbocycles. The Morgan fingerprint density at radius 1 is 1.25 bits per heavy atom. The molecule has 0 bridgehead atoms. The normalized spacial score (nSPS) is 21.2. The first-order valence-corrected chi connectivity index (χ1v) is 8.52. The Kier molecular flexibility index (Phi) is 4.80. The fourth-order valence-corrected chi connectivity index (χ4v) is 3.76. The average molecular weight is 331 g/mol. The predicted octanol–water partition coefficient (Wildman–Crippen LogP) is 0.475. The zero-order valence-corrected chi connectivity index (χ0v) is 14.2. The second-order valence-electron chi connectivity index (χ2n) is 7.14. The highest BCUT2D eigenvalue weighted by Crippen LogP contribution is 2.40. The molecule has 1 spiro atoms. The topological polar surface area (TPSA) is 92.4 Å². The van der Waals surface area contributed by atoms with Gasteiger partial charge < -0.3 is 10.6 Å². The number of primary amides is 1. The van der Waals surface area contributed by atoms with Gasteiger partial charge in [-0.2, -0.15) is 0 Å². The Balaban J connectivity index is 1.62. The van der Waals surface area contributed by atoms with E-state index in [9.17, 15) is 9.59 Å². The number of rotatable bonds is 4. The molecule has 7 nitrogen and oxygen atoms in total. The maximum absolute atomic E-state index is 12.3. The van der Waals surface area contributed by atoms with E-state index >= 15 is 0 Å². The van der Waals surface area contributed by atoms with E-state index in [2.05, 4.69) is 14.9 Å². The van der Waals surface area contributed by atoms with Crippen molar-refractivity contribution >= 4 is 11.8 Å². The number of hydrogen-bond donors (Lipinski definition) is 1. The molecule has 2 fully saturated rings. The summed E-state index contributed by atoms with van der Waals surface area (Å²) in [6.45, 7) is 5.27. The maximum atomic E-state index is 12.3. The summed E-state index contributed by atoms with van der Waals surface area (Å²) in [5, 5.41) is 0. The Bertz CT molecular complexity index is 608. The minimum atomic E-state index is -0.274. The van der Waals surface area contributed by atoms with Gasteiger partial charge in [-0.25, -0.2) is 0 Å². The van der Waals surface area contributed by atoms with Crippen LogP contribution in [0.2, 0.25) is 0 Å². The molecule has 0 unspecified atom stereocenters. The summed E-state index contributed by atoms with van der Waals surface area (Å²) in [5.41, 5.74) is 7.16. The molecule has 7 heteroatoms. The first-order chi connectivity index (χ1) is 11.5. The second kappa shape index (κ2) is 6.84. The summed E-state index contributed by atoms with van der Waals surface area (Å²) in [4.78, 5) is 36.0. The number of piperidine rings is 2. The molecule has 1 aromatic heterocycles. The van der Waals surface area contributed by atoms with E-state index in [0.29, 0.717) is 19.5 Å². The monoisotopic (exact) mass is 331 g/mol. The fraction of sp³-hybridized carbons (Fsp3) is 0.647. The molecule has 24 heavy (non-hydrogen) atoms. The zero-order chi connectivity index (χ0) is 17.2. The minimum absolute atomic E-state index is 0.167. The number of amides is 2. The molecule has 1 aromatic rings. The quantitative estimate of drug-likeness (QED) is 0.866. The molecule has 0 atom stereocenters. The predicted molar refractivity (Wildman–Crippen MR) is 88.7 cm³/mol. The van der Waals surface area contributed by atoms with Crippen molar-refractivity contribution in [1.29, 1.82) is 0 Å². The van der Waals surface area contributed by atoms with Crippen LogP contribution in [0.4, 0.5) is 0 Å². The van der Waals surface area contributed by atoms with Crippen LogP contribution in [0, 0.1) is 12.3 Å². The van der Waals surface area contributed by atoms with Gasteiger partial charge in [-0.3, -0.25) is 24.5 Å². The molecule has 3 heterocycles. The summed E-state index contributed by atoms with van der Waals surface area (Å²) < 4.78 is 0. The summed E-state index contributed by atoms with van der Waals surface area (Å²) in [6.07, 6.45) is 7.02. The van der Waals surface area contributed by atoms with Crippen LogP contribution in [0.25, 0.3) is 0 Å². The van der Waals surface area contributed by atoms with Crippen molar-refractivity contribution in [2.24, 2.45) is 11.1 Å². The van der Waals surface area contributed by atoms with Gasteiger partial charge in [0.05, 0.1) is 30.7 Å². The maximum Gasteiger partial charge on any atom is 0.231 e. The van der Waals surface area contributed by atoms with Crippen molar-refractivity contribution in [3.05, 3.63) is 23.8 Å². The van der Waals surface area contributed by atoms with Crippen LogP contribution in [-0.2, 0) is 16.1 Å². The third-order valence-corrected chi connectivity index (χ3v) is 5.23. The van der Waals surface area contributed by atoms with Crippen LogP contribution in [0.15, 0.2) is 12.4 Å². The van der Waals surface area contributed by atoms with Gasteiger partial charge in [0.15, 0.2) is 0 Å². The number of likely N-dealkylation sites (tertiary alicyclic amines) is 2. The molecule has 2 aliphatic heterocycles. The number of aryl methyl sites for hydroxylation is 1. The lowest BCUT2D eigenvalue weighted by Gasteiger charge is -2.47. The van der Waals surface area contributed by atoms with Crippen LogP contribution >= 0.6 is 0 Å². The van der Waals surface area contributed by atoms with Gasteiger partial charge in [0.1, 0.15) is 0 Å². The van der Waals surface area contributed by atoms with Gasteiger partial charge in [-0.05, 0) is 44.7 Å². The van der Waals surface area contributed by atoms with Gasteiger partial charge in [-0.15, -0.1) is 0 Å². The molecule has 130 valence electrons. The van der Waals surface area contributed by atoms with E-state index in [1.165, 1.54) is 0 Å². The zero-order valence-electron chi connectivity index (χ0n) is 14.2. The Hall–Kier alpha value is -2.02. The van der Waals surface area contributed by atoms with E-state index in [4.69, 9.17) is 5.73 Å². The molecule has 0 saturated carbocycles. The van der Waals surface area contributed by atoms with Crippen molar-refractivity contribution < 1.29 is 9.59 Å². The molecule has 2 saturated heterocycles. The number of carbonyl (C=O) groups excluding carboxylic acids is 2. The Morgan fingerprint density at radius 3 is 2.62 bits per heavy atom. The van der Waals surface area contributed by atoms with Gasteiger partial charge in [-0.1, -0.05) is 0 Å². The van der Waals surface area contributed by atoms with Crippen LogP contribution < -0.4 is 5.73 Å². The standard InChI is InChI=1S/C17H25N5O2/c1-13-8-20-14(9-19-13)10-22-12-17(3-2-16(22)24)4-6-21(7-5-17)11-15(18)23/h8-9H,2-7,10-12H2,1H3,(H2,18,23). The summed E-state index contributed by atoms with van der Waals surface area (Å²) in [5.74, 6) is -0.0769. The highest BCUT2D eigenvalue weighted by molar-refractivity contribution is 5.77. The minimum Gasteiger partial charge on any atom is -0.369 e. The highest BCUT2D eigenvalue weighted by atomic mass is 16.2. The molecule has 0 aromatic carbocycles. The van der Waals surface area contributed by atoms with Crippen molar-refractivity contribution in [3.8, 4) is 0 Å². The lowest BCUT2D eigenvalue weighted by Crippen LogP contribution is -2.52. The van der Waals surface area contributed by atoms with Gasteiger partial charge in [0.25, 0.3) is 0 Å². The number of aromatic nitrogens is 2. The number of nitrogens with two attached hydrogens (primary N) is 1. The molecule has 2 amide bonds. The molecular weight excluding hydrogens is 306 g/mol. The lowest BCUT2D eigenvalue weighted by molar-refractivity contribution is -0.140. The molecule has 2 aliphatic rings. The van der Waals surface area contributed by atoms with Crippen molar-refractivity contribution in [2.45, 2.75) is 39.2 Å². The van der Waals surface area contributed by atoms with E-state index in [-0.39, 0.29) is 17.2 Å². The Labute approximate surface area is 142 Å². The lowest BCUT2D eigenvalue weighted by atomic mass is 9.72. The average Bonchev–Trinajstić information content (AvgIpc) is 2.55. The molecular formula is C17H25N5O2. The Morgan fingerprint density at radius 2 is 2.00 bits per heavy atom. The smallest absolute Gasteiger partial charge is 0.231 e. The fourth-order valence-electron chi connectivity index (χ4n) is 3.76. The van der Waals surface area contributed by atoms with Gasteiger partial charge in [0.2, 0.25) is 11.8 Å². The summed E-state index contributed by atoms with van der Waals surface area (Å²) in [6, 6.07) is 0. The van der Waals surface area contributed by atoms with Crippen LogP contribution in [0.1, 0.15) is 37.1 Å². The van der Waals surface area contributed by atoms with Crippen LogP contribution in [0.3, 0.4) is 0 Å². The molecule has 2 N–H and O–H groups in total. The van der Waals surface area contributed by atoms with Gasteiger partial charge >= 0.3 is 0 Å². The molecule has 0 radical (unpaired) electrons. The van der Waals surface area contributed by atoms with Crippen molar-refractivity contribution in [2.75, 3.05) is 26.2 Å². The van der Waals surface area contributed by atoms with Crippen LogP contribution in [0.5, 0.6) is 0 Å². The van der Waals surface area contributed by atoms with E-state index < -0.39 is 0 Å². The molecule has 3 rings (SSSR count). The van der Waals surface area contributed by atoms with Crippen LogP contribution in [-0.4, -0.2) is 57.8 Å². The first kappa shape index (κ1) is 16.8. The second-order valence-corrected chi connectivity index (χ2v) is 7.14. The summed E-state index contributed by atoms with van der Waals surface area (Å²) in [7, 11) is 0. The van der Waals surface area contributed by atoms with Crippen molar-refractivity contribution in [3.63, 3.8) is 0 Å². The van der Waals surface area contributed by atoms with E-state index in [1.807, 2.05) is 11.8 Å². The summed E-state index contributed by atoms with van der Waals surface area (Å²) >= 11 is 0. The van der Waals surface area contributed by atoms with E-state index in [0.717, 1.165) is 50.3 Å².